The minimum Gasteiger partial charge on any atom is -0.317 e. The fourth-order valence-corrected chi connectivity index (χ4v) is 3.43. The Bertz CT molecular complexity index is 520. The van der Waals surface area contributed by atoms with E-state index in [0.717, 1.165) is 25.9 Å². The van der Waals surface area contributed by atoms with Crippen LogP contribution < -0.4 is 10.0 Å². The number of halogens is 1. The molecule has 0 aliphatic heterocycles. The molecule has 1 unspecified atom stereocenters. The smallest absolute Gasteiger partial charge is 0.212 e. The van der Waals surface area contributed by atoms with Crippen LogP contribution in [0.3, 0.4) is 0 Å². The molecule has 0 saturated heterocycles. The van der Waals surface area contributed by atoms with E-state index >= 15 is 0 Å². The van der Waals surface area contributed by atoms with E-state index in [9.17, 15) is 12.8 Å². The topological polar surface area (TPSA) is 58.2 Å². The van der Waals surface area contributed by atoms with Gasteiger partial charge in [-0.3, -0.25) is 0 Å². The lowest BCUT2D eigenvalue weighted by molar-refractivity contribution is 0.545. The molecule has 0 saturated carbocycles. The molecule has 0 amide bonds. The number of benzene rings is 1. The van der Waals surface area contributed by atoms with Gasteiger partial charge in [-0.15, -0.1) is 0 Å². The van der Waals surface area contributed by atoms with Crippen molar-refractivity contribution in [3.05, 3.63) is 35.6 Å². The predicted molar refractivity (Wildman–Crippen MR) is 84.1 cm³/mol. The first kappa shape index (κ1) is 18.1. The summed E-state index contributed by atoms with van der Waals surface area (Å²) in [4.78, 5) is 0. The summed E-state index contributed by atoms with van der Waals surface area (Å²) in [7, 11) is -3.38. The molecule has 0 aliphatic carbocycles. The number of nitrogens with one attached hydrogen (secondary N) is 2. The molecule has 0 aromatic heterocycles. The van der Waals surface area contributed by atoms with Crippen LogP contribution in [-0.2, 0) is 10.0 Å². The van der Waals surface area contributed by atoms with E-state index in [1.807, 2.05) is 0 Å². The lowest BCUT2D eigenvalue weighted by Crippen LogP contribution is -2.30. The first-order valence-electron chi connectivity index (χ1n) is 7.41. The maximum absolute atomic E-state index is 13.6. The van der Waals surface area contributed by atoms with Crippen LogP contribution in [0, 0.1) is 5.82 Å². The fourth-order valence-electron chi connectivity index (χ4n) is 2.06. The first-order chi connectivity index (χ1) is 9.96. The Hall–Kier alpha value is -0.980. The molecule has 1 atom stereocenters. The summed E-state index contributed by atoms with van der Waals surface area (Å²) in [6, 6.07) is 5.65. The highest BCUT2D eigenvalue weighted by molar-refractivity contribution is 7.89. The normalized spacial score (nSPS) is 13.3. The zero-order valence-corrected chi connectivity index (χ0v) is 13.5. The van der Waals surface area contributed by atoms with Crippen LogP contribution in [0.25, 0.3) is 0 Å². The highest BCUT2D eigenvalue weighted by Crippen LogP contribution is 2.17. The molecule has 0 fully saturated rings. The maximum atomic E-state index is 13.6. The molecule has 4 nitrogen and oxygen atoms in total. The molecular formula is C15H25FN2O2S. The number of sulfonamides is 1. The summed E-state index contributed by atoms with van der Waals surface area (Å²) in [5.41, 5.74) is 0.366. The number of hydrogen-bond acceptors (Lipinski definition) is 3. The van der Waals surface area contributed by atoms with Crippen molar-refractivity contribution in [2.75, 3.05) is 18.8 Å². The maximum Gasteiger partial charge on any atom is 0.212 e. The summed E-state index contributed by atoms with van der Waals surface area (Å²) in [5.74, 6) is -0.323. The van der Waals surface area contributed by atoms with Gasteiger partial charge >= 0.3 is 0 Å². The first-order valence-corrected chi connectivity index (χ1v) is 9.06. The van der Waals surface area contributed by atoms with Crippen molar-refractivity contribution >= 4 is 10.0 Å². The number of rotatable bonds is 10. The van der Waals surface area contributed by atoms with Crippen LogP contribution in [-0.4, -0.2) is 27.3 Å². The molecule has 0 aliphatic rings. The molecule has 6 heteroatoms. The Morgan fingerprint density at radius 3 is 2.57 bits per heavy atom. The van der Waals surface area contributed by atoms with Gasteiger partial charge in [0.1, 0.15) is 5.82 Å². The van der Waals surface area contributed by atoms with Crippen LogP contribution in [0.15, 0.2) is 24.3 Å². The summed E-state index contributed by atoms with van der Waals surface area (Å²) in [5, 5.41) is 3.23. The van der Waals surface area contributed by atoms with Crippen molar-refractivity contribution in [3.63, 3.8) is 0 Å². The van der Waals surface area contributed by atoms with E-state index in [1.54, 1.807) is 25.1 Å². The van der Waals surface area contributed by atoms with Crippen molar-refractivity contribution in [2.24, 2.45) is 0 Å². The molecule has 2 N–H and O–H groups in total. The van der Waals surface area contributed by atoms with Gasteiger partial charge in [0.25, 0.3) is 0 Å². The van der Waals surface area contributed by atoms with Crippen LogP contribution in [0.1, 0.15) is 44.7 Å². The second-order valence-electron chi connectivity index (χ2n) is 5.14. The van der Waals surface area contributed by atoms with E-state index in [0.29, 0.717) is 12.0 Å². The van der Waals surface area contributed by atoms with Gasteiger partial charge < -0.3 is 5.32 Å². The molecule has 0 heterocycles. The van der Waals surface area contributed by atoms with Crippen molar-refractivity contribution < 1.29 is 12.8 Å². The second kappa shape index (κ2) is 9.12. The lowest BCUT2D eigenvalue weighted by Gasteiger charge is -2.15. The zero-order valence-electron chi connectivity index (χ0n) is 12.7. The van der Waals surface area contributed by atoms with Crippen LogP contribution in [0.4, 0.5) is 4.39 Å². The van der Waals surface area contributed by atoms with Gasteiger partial charge in [0.2, 0.25) is 10.0 Å². The van der Waals surface area contributed by atoms with Gasteiger partial charge in [0, 0.05) is 11.6 Å². The third-order valence-electron chi connectivity index (χ3n) is 3.17. The van der Waals surface area contributed by atoms with Crippen LogP contribution in [0.5, 0.6) is 0 Å². The second-order valence-corrected chi connectivity index (χ2v) is 7.01. The molecule has 0 radical (unpaired) electrons. The van der Waals surface area contributed by atoms with Gasteiger partial charge in [-0.25, -0.2) is 17.5 Å². The quantitative estimate of drug-likeness (QED) is 0.652. The van der Waals surface area contributed by atoms with Crippen molar-refractivity contribution in [1.82, 2.24) is 10.0 Å². The van der Waals surface area contributed by atoms with E-state index in [2.05, 4.69) is 17.0 Å². The highest BCUT2D eigenvalue weighted by atomic mass is 32.2. The van der Waals surface area contributed by atoms with Gasteiger partial charge in [0.15, 0.2) is 0 Å². The van der Waals surface area contributed by atoms with Gasteiger partial charge in [-0.05, 0) is 45.3 Å². The Kier molecular flexibility index (Phi) is 7.85. The summed E-state index contributed by atoms with van der Waals surface area (Å²) in [6.45, 7) is 5.52. The summed E-state index contributed by atoms with van der Waals surface area (Å²) in [6.07, 6.45) is 2.48. The summed E-state index contributed by atoms with van der Waals surface area (Å²) < 4.78 is 40.0. The molecule has 120 valence electrons. The third-order valence-corrected chi connectivity index (χ3v) is 4.71. The average molecular weight is 316 g/mol. The number of hydrogen-bond donors (Lipinski definition) is 2. The molecule has 21 heavy (non-hydrogen) atoms. The Balaban J connectivity index is 2.40. The predicted octanol–water partition coefficient (Wildman–Crippen LogP) is 2.59. The lowest BCUT2D eigenvalue weighted by atomic mass is 10.1. The van der Waals surface area contributed by atoms with Gasteiger partial charge in [0.05, 0.1) is 5.75 Å². The minimum absolute atomic E-state index is 0.0690. The van der Waals surface area contributed by atoms with E-state index in [-0.39, 0.29) is 5.75 Å². The largest absolute Gasteiger partial charge is 0.317 e. The Morgan fingerprint density at radius 2 is 1.90 bits per heavy atom. The molecule has 0 bridgehead atoms. The third kappa shape index (κ3) is 7.02. The van der Waals surface area contributed by atoms with Gasteiger partial charge in [-0.2, -0.15) is 0 Å². The van der Waals surface area contributed by atoms with E-state index in [1.165, 1.54) is 6.07 Å². The Morgan fingerprint density at radius 1 is 1.19 bits per heavy atom. The fraction of sp³-hybridized carbons (Fsp3) is 0.600. The average Bonchev–Trinajstić information content (AvgIpc) is 2.42. The monoisotopic (exact) mass is 316 g/mol. The Labute approximate surface area is 127 Å². The van der Waals surface area contributed by atoms with Crippen molar-refractivity contribution in [1.29, 1.82) is 0 Å². The van der Waals surface area contributed by atoms with E-state index in [4.69, 9.17) is 0 Å². The van der Waals surface area contributed by atoms with E-state index < -0.39 is 21.9 Å². The number of unbranched alkanes of at least 4 members (excludes halogenated alkanes) is 1. The van der Waals surface area contributed by atoms with Crippen LogP contribution >= 0.6 is 0 Å². The molecule has 1 aromatic carbocycles. The standard InChI is InChI=1S/C15H25FN2O2S/c1-3-10-17-11-6-7-12-21(19,20)18-13(2)14-8-4-5-9-15(14)16/h4-5,8-9,13,17-18H,3,6-7,10-12H2,1-2H3. The highest BCUT2D eigenvalue weighted by Gasteiger charge is 2.17. The van der Waals surface area contributed by atoms with Crippen molar-refractivity contribution in [2.45, 2.75) is 39.2 Å². The molecule has 0 spiro atoms. The van der Waals surface area contributed by atoms with Crippen LogP contribution in [0.2, 0.25) is 0 Å². The minimum atomic E-state index is -3.38. The molecule has 1 aromatic rings. The molecular weight excluding hydrogens is 291 g/mol. The SMILES string of the molecule is CCCNCCCCS(=O)(=O)NC(C)c1ccccc1F. The summed E-state index contributed by atoms with van der Waals surface area (Å²) >= 11 is 0. The van der Waals surface area contributed by atoms with Gasteiger partial charge in [-0.1, -0.05) is 25.1 Å². The van der Waals surface area contributed by atoms with Crippen molar-refractivity contribution in [3.8, 4) is 0 Å². The zero-order chi connectivity index (χ0) is 15.7. The molecule has 1 rings (SSSR count).